The van der Waals surface area contributed by atoms with Crippen LogP contribution in [0, 0.1) is 6.92 Å². The highest BCUT2D eigenvalue weighted by Crippen LogP contribution is 2.31. The van der Waals surface area contributed by atoms with E-state index in [0.717, 1.165) is 33.7 Å². The maximum atomic E-state index is 12.8. The third-order valence-electron chi connectivity index (χ3n) is 4.70. The molecule has 1 N–H and O–H groups in total. The molecule has 0 heterocycles. The third-order valence-corrected chi connectivity index (χ3v) is 5.80. The molecule has 0 radical (unpaired) electrons. The fraction of sp³-hybridized carbons (Fsp3) is 0.192. The second-order valence-corrected chi connectivity index (χ2v) is 8.47. The smallest absolute Gasteiger partial charge is 0.416 e. The number of carbonyl (C=O) groups is 1. The van der Waals surface area contributed by atoms with Gasteiger partial charge in [0.25, 0.3) is 0 Å². The van der Waals surface area contributed by atoms with Gasteiger partial charge in [0.15, 0.2) is 6.61 Å². The van der Waals surface area contributed by atoms with Crippen LogP contribution in [0.2, 0.25) is 0 Å². The van der Waals surface area contributed by atoms with Gasteiger partial charge >= 0.3 is 12.1 Å². The van der Waals surface area contributed by atoms with E-state index in [9.17, 15) is 18.0 Å². The van der Waals surface area contributed by atoms with Crippen LogP contribution in [0.4, 0.5) is 13.2 Å². The van der Waals surface area contributed by atoms with Crippen molar-refractivity contribution in [3.63, 3.8) is 0 Å². The van der Waals surface area contributed by atoms with E-state index < -0.39 is 24.3 Å². The number of thioether (sulfide) groups is 1. The van der Waals surface area contributed by atoms with Crippen LogP contribution < -0.4 is 9.47 Å². The van der Waals surface area contributed by atoms with Crippen molar-refractivity contribution in [3.8, 4) is 11.5 Å². The molecule has 0 aliphatic heterocycles. The predicted molar refractivity (Wildman–Crippen MR) is 126 cm³/mol. The minimum Gasteiger partial charge on any atom is -0.489 e. The third kappa shape index (κ3) is 7.88. The fourth-order valence-corrected chi connectivity index (χ4v) is 3.96. The highest BCUT2D eigenvalue weighted by Gasteiger charge is 2.30. The minimum absolute atomic E-state index is 0.214. The monoisotopic (exact) mass is 488 g/mol. The number of hydrogen-bond donors (Lipinski definition) is 1. The Hall–Kier alpha value is -3.39. The van der Waals surface area contributed by atoms with Gasteiger partial charge in [0.2, 0.25) is 0 Å². The number of carboxylic acid groups (broad SMARTS) is 1. The number of benzene rings is 3. The number of aryl methyl sites for hydroxylation is 1. The standard InChI is InChI=1S/C26H23F3O4S/c1-18-13-23(11-12-24(18)33-16-25(30)31)34-17-20(14-19-5-3-2-4-6-19)15-32-22-9-7-21(8-10-22)26(27,28)29/h2-14H,15-17H2,1H3,(H,30,31). The molecule has 0 aliphatic rings. The van der Waals surface area contributed by atoms with Crippen LogP contribution in [0.15, 0.2) is 83.3 Å². The summed E-state index contributed by atoms with van der Waals surface area (Å²) in [5, 5.41) is 8.77. The van der Waals surface area contributed by atoms with E-state index >= 15 is 0 Å². The molecule has 0 saturated heterocycles. The van der Waals surface area contributed by atoms with Crippen molar-refractivity contribution in [2.75, 3.05) is 19.0 Å². The number of hydrogen-bond acceptors (Lipinski definition) is 4. The highest BCUT2D eigenvalue weighted by molar-refractivity contribution is 7.99. The zero-order valence-corrected chi connectivity index (χ0v) is 19.2. The van der Waals surface area contributed by atoms with Crippen LogP contribution in [0.3, 0.4) is 0 Å². The Morgan fingerprint density at radius 1 is 0.971 bits per heavy atom. The Kier molecular flexibility index (Phi) is 8.65. The van der Waals surface area contributed by atoms with E-state index in [2.05, 4.69) is 0 Å². The van der Waals surface area contributed by atoms with Crippen molar-refractivity contribution in [1.29, 1.82) is 0 Å². The van der Waals surface area contributed by atoms with Crippen molar-refractivity contribution in [2.24, 2.45) is 0 Å². The average Bonchev–Trinajstić information content (AvgIpc) is 2.80. The molecule has 0 bridgehead atoms. The number of aliphatic carboxylic acids is 1. The van der Waals surface area contributed by atoms with E-state index in [1.165, 1.54) is 12.1 Å². The van der Waals surface area contributed by atoms with Crippen molar-refractivity contribution < 1.29 is 32.5 Å². The quantitative estimate of drug-likeness (QED) is 0.321. The van der Waals surface area contributed by atoms with E-state index in [1.807, 2.05) is 55.5 Å². The minimum atomic E-state index is -4.39. The molecule has 178 valence electrons. The molecule has 3 aromatic carbocycles. The van der Waals surface area contributed by atoms with Gasteiger partial charge in [-0.2, -0.15) is 13.2 Å². The Morgan fingerprint density at radius 2 is 1.68 bits per heavy atom. The number of ether oxygens (including phenoxy) is 2. The van der Waals surface area contributed by atoms with Crippen LogP contribution in [0.5, 0.6) is 11.5 Å². The summed E-state index contributed by atoms with van der Waals surface area (Å²) in [6.45, 7) is 1.65. The van der Waals surface area contributed by atoms with E-state index in [4.69, 9.17) is 14.6 Å². The zero-order valence-electron chi connectivity index (χ0n) is 18.3. The SMILES string of the molecule is Cc1cc(SCC(=Cc2ccccc2)COc2ccc(C(F)(F)F)cc2)ccc1OCC(=O)O. The number of rotatable bonds is 10. The summed E-state index contributed by atoms with van der Waals surface area (Å²) < 4.78 is 49.4. The van der Waals surface area contributed by atoms with Crippen molar-refractivity contribution in [1.82, 2.24) is 0 Å². The lowest BCUT2D eigenvalue weighted by Crippen LogP contribution is -2.10. The second-order valence-electron chi connectivity index (χ2n) is 7.42. The van der Waals surface area contributed by atoms with Gasteiger partial charge in [-0.3, -0.25) is 0 Å². The van der Waals surface area contributed by atoms with E-state index in [-0.39, 0.29) is 6.61 Å². The lowest BCUT2D eigenvalue weighted by Gasteiger charge is -2.13. The lowest BCUT2D eigenvalue weighted by molar-refractivity contribution is -0.139. The molecule has 0 saturated carbocycles. The van der Waals surface area contributed by atoms with Gasteiger partial charge < -0.3 is 14.6 Å². The second kappa shape index (κ2) is 11.7. The predicted octanol–water partition coefficient (Wildman–Crippen LogP) is 6.73. The summed E-state index contributed by atoms with van der Waals surface area (Å²) in [7, 11) is 0. The largest absolute Gasteiger partial charge is 0.489 e. The van der Waals surface area contributed by atoms with Crippen molar-refractivity contribution in [2.45, 2.75) is 18.0 Å². The van der Waals surface area contributed by atoms with Gasteiger partial charge in [0.05, 0.1) is 5.56 Å². The fourth-order valence-electron chi connectivity index (χ4n) is 3.02. The molecule has 34 heavy (non-hydrogen) atoms. The van der Waals surface area contributed by atoms with Gasteiger partial charge in [-0.15, -0.1) is 11.8 Å². The van der Waals surface area contributed by atoms with Gasteiger partial charge in [-0.25, -0.2) is 4.79 Å². The number of halogens is 3. The summed E-state index contributed by atoms with van der Waals surface area (Å²) in [5.41, 5.74) is 2.03. The molecule has 3 aromatic rings. The average molecular weight is 489 g/mol. The molecule has 0 atom stereocenters. The van der Waals surface area contributed by atoms with Crippen LogP contribution in [-0.4, -0.2) is 30.0 Å². The Balaban J connectivity index is 1.68. The van der Waals surface area contributed by atoms with Gasteiger partial charge in [-0.05, 0) is 66.1 Å². The molecule has 0 unspecified atom stereocenters. The van der Waals surface area contributed by atoms with Crippen LogP contribution in [0.25, 0.3) is 6.08 Å². The molecule has 4 nitrogen and oxygen atoms in total. The normalized spacial score (nSPS) is 11.8. The van der Waals surface area contributed by atoms with Gasteiger partial charge in [-0.1, -0.05) is 36.4 Å². The van der Waals surface area contributed by atoms with Crippen LogP contribution in [-0.2, 0) is 11.0 Å². The van der Waals surface area contributed by atoms with Crippen molar-refractivity contribution >= 4 is 23.8 Å². The summed E-state index contributed by atoms with van der Waals surface area (Å²) in [5.74, 6) is 0.413. The van der Waals surface area contributed by atoms with Crippen molar-refractivity contribution in [3.05, 3.63) is 95.1 Å². The van der Waals surface area contributed by atoms with Crippen LogP contribution in [0.1, 0.15) is 16.7 Å². The summed E-state index contributed by atoms with van der Waals surface area (Å²) in [6, 6.07) is 19.8. The van der Waals surface area contributed by atoms with E-state index in [1.54, 1.807) is 17.8 Å². The maximum Gasteiger partial charge on any atom is 0.416 e. The summed E-state index contributed by atoms with van der Waals surface area (Å²) in [4.78, 5) is 11.7. The molecule has 0 aromatic heterocycles. The number of carboxylic acids is 1. The van der Waals surface area contributed by atoms with E-state index in [0.29, 0.717) is 17.3 Å². The molecule has 0 fully saturated rings. The molecule has 0 aliphatic carbocycles. The van der Waals surface area contributed by atoms with Gasteiger partial charge in [0.1, 0.15) is 18.1 Å². The first-order valence-electron chi connectivity index (χ1n) is 10.3. The zero-order chi connectivity index (χ0) is 24.6. The van der Waals surface area contributed by atoms with Gasteiger partial charge in [0, 0.05) is 10.6 Å². The lowest BCUT2D eigenvalue weighted by atomic mass is 10.1. The first-order chi connectivity index (χ1) is 16.2. The molecule has 8 heteroatoms. The molecule has 0 spiro atoms. The topological polar surface area (TPSA) is 55.8 Å². The number of alkyl halides is 3. The first kappa shape index (κ1) is 25.2. The molecule has 3 rings (SSSR count). The molecular weight excluding hydrogens is 465 g/mol. The summed E-state index contributed by atoms with van der Waals surface area (Å²) in [6.07, 6.45) is -2.39. The maximum absolute atomic E-state index is 12.8. The Bertz CT molecular complexity index is 1130. The Labute approximate surface area is 200 Å². The highest BCUT2D eigenvalue weighted by atomic mass is 32.2. The Morgan fingerprint density at radius 3 is 2.29 bits per heavy atom. The first-order valence-corrected chi connectivity index (χ1v) is 11.3. The molecular formula is C26H23F3O4S. The van der Waals surface area contributed by atoms with Crippen LogP contribution >= 0.6 is 11.8 Å². The molecule has 0 amide bonds. The summed E-state index contributed by atoms with van der Waals surface area (Å²) >= 11 is 1.57.